The smallest absolute Gasteiger partial charge is 0.306 e. The van der Waals surface area contributed by atoms with Crippen LogP contribution in [0.3, 0.4) is 0 Å². The van der Waals surface area contributed by atoms with Gasteiger partial charge in [-0.2, -0.15) is 11.8 Å². The van der Waals surface area contributed by atoms with Gasteiger partial charge < -0.3 is 19.7 Å². The van der Waals surface area contributed by atoms with Crippen molar-refractivity contribution < 1.29 is 29.3 Å². The zero-order valence-electron chi connectivity index (χ0n) is 23.1. The quantitative estimate of drug-likeness (QED) is 0.254. The maximum atomic E-state index is 12.1. The summed E-state index contributed by atoms with van der Waals surface area (Å²) >= 11 is 1.57. The Hall–Kier alpha value is -2.67. The van der Waals surface area contributed by atoms with Gasteiger partial charge in [-0.15, -0.1) is 0 Å². The number of aryl methyl sites for hydroxylation is 2. The number of hydrogen-bond donors (Lipinski definition) is 2. The molecular weight excluding hydrogens is 488 g/mol. The van der Waals surface area contributed by atoms with E-state index in [1.165, 1.54) is 0 Å². The highest BCUT2D eigenvalue weighted by Gasteiger charge is 2.19. The number of ether oxygens (including phenoxy) is 2. The second kappa shape index (κ2) is 13.8. The van der Waals surface area contributed by atoms with Crippen LogP contribution in [0.4, 0.5) is 0 Å². The standard InChI is InChI=1S/C30H42O6S/c1-29(2,3)23-19-21(7-11-25(23)31)9-13-27(33)35-15-17-37-18-16-36-28(34)14-10-22-8-12-26(32)24(20-22)30(4,5)6/h7-8,11-12,19-20,31-32H,9-10,13-18H2,1-6H3. The lowest BCUT2D eigenvalue weighted by Crippen LogP contribution is -2.13. The number of esters is 2. The van der Waals surface area contributed by atoms with Gasteiger partial charge in [0.15, 0.2) is 0 Å². The van der Waals surface area contributed by atoms with Crippen LogP contribution >= 0.6 is 11.8 Å². The summed E-state index contributed by atoms with van der Waals surface area (Å²) in [6.45, 7) is 12.9. The minimum absolute atomic E-state index is 0.172. The second-order valence-electron chi connectivity index (χ2n) is 11.3. The van der Waals surface area contributed by atoms with Crippen molar-refractivity contribution in [3.63, 3.8) is 0 Å². The molecule has 2 aromatic rings. The number of phenolic OH excluding ortho intramolecular Hbond substituents is 2. The molecule has 0 aromatic heterocycles. The minimum atomic E-state index is -0.249. The van der Waals surface area contributed by atoms with Crippen LogP contribution < -0.4 is 0 Å². The Labute approximate surface area is 225 Å². The van der Waals surface area contributed by atoms with E-state index in [1.807, 2.05) is 65.8 Å². The molecule has 0 aliphatic rings. The zero-order valence-corrected chi connectivity index (χ0v) is 23.9. The Morgan fingerprint density at radius 1 is 0.703 bits per heavy atom. The summed E-state index contributed by atoms with van der Waals surface area (Å²) in [5.41, 5.74) is 3.38. The molecule has 6 nitrogen and oxygen atoms in total. The van der Waals surface area contributed by atoms with Crippen molar-refractivity contribution in [2.75, 3.05) is 24.7 Å². The van der Waals surface area contributed by atoms with Crippen LogP contribution in [0.2, 0.25) is 0 Å². The van der Waals surface area contributed by atoms with E-state index in [-0.39, 0.29) is 47.1 Å². The van der Waals surface area contributed by atoms with Crippen LogP contribution in [-0.2, 0) is 42.7 Å². The van der Waals surface area contributed by atoms with Crippen molar-refractivity contribution in [1.29, 1.82) is 0 Å². The third kappa shape index (κ3) is 10.7. The van der Waals surface area contributed by atoms with Gasteiger partial charge in [-0.3, -0.25) is 9.59 Å². The summed E-state index contributed by atoms with van der Waals surface area (Å²) in [4.78, 5) is 24.1. The molecule has 2 rings (SSSR count). The topological polar surface area (TPSA) is 93.1 Å². The fourth-order valence-corrected chi connectivity index (χ4v) is 4.45. The normalized spacial score (nSPS) is 11.8. The third-order valence-electron chi connectivity index (χ3n) is 5.95. The Balaban J connectivity index is 1.57. The molecule has 0 heterocycles. The number of benzene rings is 2. The van der Waals surface area contributed by atoms with Crippen molar-refractivity contribution in [2.24, 2.45) is 0 Å². The lowest BCUT2D eigenvalue weighted by Gasteiger charge is -2.21. The molecule has 0 spiro atoms. The monoisotopic (exact) mass is 530 g/mol. The van der Waals surface area contributed by atoms with Crippen molar-refractivity contribution >= 4 is 23.7 Å². The molecule has 0 atom stereocenters. The Morgan fingerprint density at radius 3 is 1.43 bits per heavy atom. The fraction of sp³-hybridized carbons (Fsp3) is 0.533. The van der Waals surface area contributed by atoms with E-state index in [4.69, 9.17) is 9.47 Å². The molecule has 2 N–H and O–H groups in total. The summed E-state index contributed by atoms with van der Waals surface area (Å²) < 4.78 is 10.6. The van der Waals surface area contributed by atoms with Gasteiger partial charge in [0.2, 0.25) is 0 Å². The summed E-state index contributed by atoms with van der Waals surface area (Å²) in [5, 5.41) is 20.1. The van der Waals surface area contributed by atoms with Gasteiger partial charge >= 0.3 is 11.9 Å². The Bertz CT molecular complexity index is 966. The number of rotatable bonds is 12. The van der Waals surface area contributed by atoms with Gasteiger partial charge in [-0.1, -0.05) is 65.8 Å². The Kier molecular flexibility index (Phi) is 11.4. The first-order chi connectivity index (χ1) is 17.3. The number of thioether (sulfide) groups is 1. The van der Waals surface area contributed by atoms with E-state index in [0.29, 0.717) is 37.6 Å². The van der Waals surface area contributed by atoms with Crippen LogP contribution in [0.15, 0.2) is 36.4 Å². The lowest BCUT2D eigenvalue weighted by molar-refractivity contribution is -0.143. The van der Waals surface area contributed by atoms with Crippen molar-refractivity contribution in [2.45, 2.75) is 78.1 Å². The molecule has 37 heavy (non-hydrogen) atoms. The molecule has 204 valence electrons. The van der Waals surface area contributed by atoms with Gasteiger partial charge in [0.05, 0.1) is 0 Å². The molecule has 2 aromatic carbocycles. The molecule has 0 radical (unpaired) electrons. The highest BCUT2D eigenvalue weighted by atomic mass is 32.2. The predicted molar refractivity (Wildman–Crippen MR) is 149 cm³/mol. The lowest BCUT2D eigenvalue weighted by atomic mass is 9.85. The van der Waals surface area contributed by atoms with Gasteiger partial charge in [-0.05, 0) is 58.1 Å². The summed E-state index contributed by atoms with van der Waals surface area (Å²) in [7, 11) is 0. The molecule has 0 saturated heterocycles. The fourth-order valence-electron chi connectivity index (χ4n) is 3.85. The van der Waals surface area contributed by atoms with E-state index in [0.717, 1.165) is 22.3 Å². The first kappa shape index (κ1) is 30.6. The maximum Gasteiger partial charge on any atom is 0.306 e. The van der Waals surface area contributed by atoms with Crippen LogP contribution in [0, 0.1) is 0 Å². The highest BCUT2D eigenvalue weighted by Crippen LogP contribution is 2.32. The zero-order chi connectivity index (χ0) is 27.6. The van der Waals surface area contributed by atoms with Gasteiger partial charge in [-0.25, -0.2) is 0 Å². The predicted octanol–water partition coefficient (Wildman–Crippen LogP) is 6.08. The van der Waals surface area contributed by atoms with Gasteiger partial charge in [0.25, 0.3) is 0 Å². The number of hydrogen-bond acceptors (Lipinski definition) is 7. The number of phenols is 2. The van der Waals surface area contributed by atoms with E-state index in [1.54, 1.807) is 23.9 Å². The Morgan fingerprint density at radius 2 is 1.08 bits per heavy atom. The van der Waals surface area contributed by atoms with Crippen molar-refractivity contribution in [1.82, 2.24) is 0 Å². The second-order valence-corrected chi connectivity index (χ2v) is 12.5. The molecule has 0 bridgehead atoms. The van der Waals surface area contributed by atoms with E-state index < -0.39 is 0 Å². The molecule has 0 unspecified atom stereocenters. The number of carbonyl (C=O) groups is 2. The summed E-state index contributed by atoms with van der Waals surface area (Å²) in [5.74, 6) is 1.32. The van der Waals surface area contributed by atoms with E-state index in [9.17, 15) is 19.8 Å². The van der Waals surface area contributed by atoms with Gasteiger partial charge in [0, 0.05) is 24.3 Å². The summed E-state index contributed by atoms with van der Waals surface area (Å²) in [6.07, 6.45) is 1.70. The average Bonchev–Trinajstić information content (AvgIpc) is 2.80. The third-order valence-corrected chi connectivity index (χ3v) is 6.87. The van der Waals surface area contributed by atoms with Crippen molar-refractivity contribution in [3.05, 3.63) is 58.7 Å². The van der Waals surface area contributed by atoms with E-state index in [2.05, 4.69) is 0 Å². The first-order valence-corrected chi connectivity index (χ1v) is 14.0. The average molecular weight is 531 g/mol. The molecule has 0 fully saturated rings. The minimum Gasteiger partial charge on any atom is -0.508 e. The molecule has 7 heteroatoms. The largest absolute Gasteiger partial charge is 0.508 e. The molecular formula is C30H42O6S. The molecule has 0 aliphatic heterocycles. The maximum absolute atomic E-state index is 12.1. The SMILES string of the molecule is CC(C)(C)c1cc(CCC(=O)OCCSCCOC(=O)CCc2ccc(O)c(C(C)(C)C)c2)ccc1O. The van der Waals surface area contributed by atoms with Crippen LogP contribution in [-0.4, -0.2) is 46.9 Å². The highest BCUT2D eigenvalue weighted by molar-refractivity contribution is 7.99. The molecule has 0 amide bonds. The van der Waals surface area contributed by atoms with Gasteiger partial charge in [0.1, 0.15) is 24.7 Å². The number of carbonyl (C=O) groups excluding carboxylic acids is 2. The van der Waals surface area contributed by atoms with Crippen molar-refractivity contribution in [3.8, 4) is 11.5 Å². The molecule has 0 saturated carbocycles. The summed E-state index contributed by atoms with van der Waals surface area (Å²) in [6, 6.07) is 10.9. The first-order valence-electron chi connectivity index (χ1n) is 12.8. The molecule has 0 aliphatic carbocycles. The van der Waals surface area contributed by atoms with Crippen LogP contribution in [0.25, 0.3) is 0 Å². The van der Waals surface area contributed by atoms with E-state index >= 15 is 0 Å². The van der Waals surface area contributed by atoms with Crippen LogP contribution in [0.1, 0.15) is 76.6 Å². The van der Waals surface area contributed by atoms with Crippen LogP contribution in [0.5, 0.6) is 11.5 Å². The number of aromatic hydroxyl groups is 2.